The van der Waals surface area contributed by atoms with Crippen LogP contribution >= 0.6 is 11.6 Å². The van der Waals surface area contributed by atoms with Crippen LogP contribution in [0.1, 0.15) is 31.9 Å². The number of nitrogens with zero attached hydrogens (tertiary/aromatic N) is 3. The first kappa shape index (κ1) is 15.5. The van der Waals surface area contributed by atoms with Crippen molar-refractivity contribution in [2.45, 2.75) is 33.1 Å². The zero-order chi connectivity index (χ0) is 15.6. The summed E-state index contributed by atoms with van der Waals surface area (Å²) in [5, 5.41) is 0.0295. The number of ether oxygens (including phenoxy) is 2. The average Bonchev–Trinajstić information content (AvgIpc) is 2.36. The highest BCUT2D eigenvalue weighted by molar-refractivity contribution is 6.28. The van der Waals surface area contributed by atoms with Gasteiger partial charge < -0.3 is 9.47 Å². The largest absolute Gasteiger partial charge is 0.467 e. The molecule has 112 valence electrons. The van der Waals surface area contributed by atoms with Gasteiger partial charge in [-0.25, -0.2) is 0 Å². The number of hydrogen-bond donors (Lipinski definition) is 0. The second kappa shape index (κ2) is 5.85. The van der Waals surface area contributed by atoms with Crippen LogP contribution < -0.4 is 9.47 Å². The van der Waals surface area contributed by atoms with Crippen LogP contribution in [-0.2, 0) is 5.41 Å². The number of benzene rings is 1. The van der Waals surface area contributed by atoms with Crippen LogP contribution in [0.3, 0.4) is 0 Å². The molecule has 0 aliphatic carbocycles. The Morgan fingerprint density at radius 2 is 1.71 bits per heavy atom. The quantitative estimate of drug-likeness (QED) is 0.860. The van der Waals surface area contributed by atoms with Crippen LogP contribution in [0.5, 0.6) is 17.8 Å². The number of methoxy groups -OCH3 is 1. The second-order valence-corrected chi connectivity index (χ2v) is 6.06. The lowest BCUT2D eigenvalue weighted by atomic mass is 9.86. The number of halogens is 1. The van der Waals surface area contributed by atoms with Crippen molar-refractivity contribution in [2.75, 3.05) is 7.11 Å². The van der Waals surface area contributed by atoms with E-state index in [2.05, 4.69) is 41.8 Å². The van der Waals surface area contributed by atoms with Gasteiger partial charge in [-0.1, -0.05) is 32.9 Å². The van der Waals surface area contributed by atoms with Crippen molar-refractivity contribution < 1.29 is 9.47 Å². The summed E-state index contributed by atoms with van der Waals surface area (Å²) in [6.45, 7) is 8.35. The first-order chi connectivity index (χ1) is 9.79. The summed E-state index contributed by atoms with van der Waals surface area (Å²) in [4.78, 5) is 11.8. The summed E-state index contributed by atoms with van der Waals surface area (Å²) >= 11 is 5.83. The molecule has 0 bridgehead atoms. The van der Waals surface area contributed by atoms with Crippen LogP contribution in [-0.4, -0.2) is 22.1 Å². The maximum Gasteiger partial charge on any atom is 0.329 e. The molecule has 5 nitrogen and oxygen atoms in total. The van der Waals surface area contributed by atoms with Gasteiger partial charge in [0.25, 0.3) is 0 Å². The van der Waals surface area contributed by atoms with Crippen molar-refractivity contribution in [2.24, 2.45) is 0 Å². The third-order valence-electron chi connectivity index (χ3n) is 2.90. The number of rotatable bonds is 3. The van der Waals surface area contributed by atoms with Gasteiger partial charge in [-0.2, -0.15) is 9.97 Å². The topological polar surface area (TPSA) is 57.1 Å². The molecule has 0 spiro atoms. The molecule has 0 fully saturated rings. The van der Waals surface area contributed by atoms with Gasteiger partial charge in [0, 0.05) is 5.56 Å². The molecular formula is C15H18ClN3O2. The second-order valence-electron chi connectivity index (χ2n) is 5.73. The number of aromatic nitrogens is 3. The first-order valence-electron chi connectivity index (χ1n) is 6.54. The van der Waals surface area contributed by atoms with E-state index < -0.39 is 0 Å². The molecule has 0 saturated carbocycles. The van der Waals surface area contributed by atoms with Crippen LogP contribution in [0.2, 0.25) is 5.28 Å². The first-order valence-corrected chi connectivity index (χ1v) is 6.92. The Hall–Kier alpha value is -1.88. The molecule has 0 N–H and O–H groups in total. The summed E-state index contributed by atoms with van der Waals surface area (Å²) in [6.07, 6.45) is 0. The number of hydrogen-bond acceptors (Lipinski definition) is 5. The summed E-state index contributed by atoms with van der Waals surface area (Å²) in [7, 11) is 1.46. The van der Waals surface area contributed by atoms with Crippen molar-refractivity contribution in [1.82, 2.24) is 15.0 Å². The van der Waals surface area contributed by atoms with E-state index in [0.29, 0.717) is 5.75 Å². The predicted octanol–water partition coefficient (Wildman–Crippen LogP) is 3.93. The minimum atomic E-state index is -0.0655. The van der Waals surface area contributed by atoms with Crippen molar-refractivity contribution >= 4 is 11.6 Å². The zero-order valence-corrected chi connectivity index (χ0v) is 13.5. The van der Waals surface area contributed by atoms with Gasteiger partial charge in [0.2, 0.25) is 5.28 Å². The van der Waals surface area contributed by atoms with Gasteiger partial charge in [-0.3, -0.25) is 0 Å². The van der Waals surface area contributed by atoms with Crippen molar-refractivity contribution in [3.8, 4) is 17.8 Å². The highest BCUT2D eigenvalue weighted by atomic mass is 35.5. The fourth-order valence-corrected chi connectivity index (χ4v) is 2.03. The molecule has 0 radical (unpaired) electrons. The van der Waals surface area contributed by atoms with Gasteiger partial charge in [0.15, 0.2) is 0 Å². The van der Waals surface area contributed by atoms with E-state index in [0.717, 1.165) is 11.1 Å². The molecule has 1 aromatic carbocycles. The van der Waals surface area contributed by atoms with Gasteiger partial charge in [0.1, 0.15) is 5.75 Å². The highest BCUT2D eigenvalue weighted by Crippen LogP contribution is 2.34. The van der Waals surface area contributed by atoms with Gasteiger partial charge in [-0.15, -0.1) is 4.98 Å². The maximum absolute atomic E-state index is 5.83. The molecule has 0 atom stereocenters. The van der Waals surface area contributed by atoms with Crippen LogP contribution in [0, 0.1) is 6.92 Å². The Balaban J connectivity index is 2.44. The molecule has 0 aliphatic heterocycles. The standard InChI is InChI=1S/C15H18ClN3O2/c1-9-6-7-10(15(2,3)4)11(8-9)21-14-18-12(16)17-13(19-14)20-5/h6-8H,1-5H3. The van der Waals surface area contributed by atoms with E-state index in [4.69, 9.17) is 21.1 Å². The summed E-state index contributed by atoms with van der Waals surface area (Å²) in [5.41, 5.74) is 2.08. The molecule has 0 amide bonds. The molecule has 1 heterocycles. The Kier molecular flexibility index (Phi) is 4.32. The van der Waals surface area contributed by atoms with Gasteiger partial charge in [0.05, 0.1) is 7.11 Å². The van der Waals surface area contributed by atoms with Gasteiger partial charge >= 0.3 is 12.0 Å². The lowest BCUT2D eigenvalue weighted by Crippen LogP contribution is -2.13. The minimum absolute atomic E-state index is 0.0295. The Labute approximate surface area is 129 Å². The third kappa shape index (κ3) is 3.82. The zero-order valence-electron chi connectivity index (χ0n) is 12.8. The predicted molar refractivity (Wildman–Crippen MR) is 81.3 cm³/mol. The molecule has 0 unspecified atom stereocenters. The normalized spacial score (nSPS) is 11.3. The van der Waals surface area contributed by atoms with Crippen LogP contribution in [0.25, 0.3) is 0 Å². The Bertz CT molecular complexity index is 654. The summed E-state index contributed by atoms with van der Waals surface area (Å²) in [6, 6.07) is 6.28. The van der Waals surface area contributed by atoms with Crippen molar-refractivity contribution in [3.63, 3.8) is 0 Å². The van der Waals surface area contributed by atoms with Crippen molar-refractivity contribution in [1.29, 1.82) is 0 Å². The van der Waals surface area contributed by atoms with Crippen LogP contribution in [0.4, 0.5) is 0 Å². The third-order valence-corrected chi connectivity index (χ3v) is 3.07. The van der Waals surface area contributed by atoms with E-state index >= 15 is 0 Å². The Morgan fingerprint density at radius 3 is 2.33 bits per heavy atom. The van der Waals surface area contributed by atoms with Crippen molar-refractivity contribution in [3.05, 3.63) is 34.6 Å². The van der Waals surface area contributed by atoms with Gasteiger partial charge in [-0.05, 0) is 35.6 Å². The maximum atomic E-state index is 5.83. The average molecular weight is 308 g/mol. The van der Waals surface area contributed by atoms with E-state index in [1.54, 1.807) is 0 Å². The smallest absolute Gasteiger partial charge is 0.329 e. The van der Waals surface area contributed by atoms with E-state index in [1.807, 2.05) is 19.1 Å². The fraction of sp³-hybridized carbons (Fsp3) is 0.400. The Morgan fingerprint density at radius 1 is 1.05 bits per heavy atom. The molecule has 2 aromatic rings. The minimum Gasteiger partial charge on any atom is -0.467 e. The van der Waals surface area contributed by atoms with E-state index in [-0.39, 0.29) is 22.7 Å². The number of aryl methyl sites for hydroxylation is 1. The molecular weight excluding hydrogens is 290 g/mol. The molecule has 21 heavy (non-hydrogen) atoms. The van der Waals surface area contributed by atoms with Crippen LogP contribution in [0.15, 0.2) is 18.2 Å². The lowest BCUT2D eigenvalue weighted by molar-refractivity contribution is 0.356. The summed E-state index contributed by atoms with van der Waals surface area (Å²) in [5.74, 6) is 0.701. The molecule has 0 aliphatic rings. The molecule has 2 rings (SSSR count). The molecule has 0 saturated heterocycles. The van der Waals surface area contributed by atoms with E-state index in [1.165, 1.54) is 7.11 Å². The molecule has 1 aromatic heterocycles. The monoisotopic (exact) mass is 307 g/mol. The van der Waals surface area contributed by atoms with E-state index in [9.17, 15) is 0 Å². The SMILES string of the molecule is COc1nc(Cl)nc(Oc2cc(C)ccc2C(C)(C)C)n1. The summed E-state index contributed by atoms with van der Waals surface area (Å²) < 4.78 is 10.8. The molecule has 6 heteroatoms. The fourth-order valence-electron chi connectivity index (χ4n) is 1.88. The highest BCUT2D eigenvalue weighted by Gasteiger charge is 2.20. The lowest BCUT2D eigenvalue weighted by Gasteiger charge is -2.22.